The van der Waals surface area contributed by atoms with Crippen LogP contribution in [0.3, 0.4) is 0 Å². The Balaban J connectivity index is 1.49. The monoisotopic (exact) mass is 534 g/mol. The molecule has 1 saturated carbocycles. The lowest BCUT2D eigenvalue weighted by Gasteiger charge is -2.23. The number of ether oxygens (including phenoxy) is 1. The summed E-state index contributed by atoms with van der Waals surface area (Å²) in [6.07, 6.45) is 8.00. The molecule has 1 fully saturated rings. The van der Waals surface area contributed by atoms with Crippen LogP contribution in [0.2, 0.25) is 5.02 Å². The van der Waals surface area contributed by atoms with E-state index in [1.54, 1.807) is 49.4 Å². The molecular formula is C25H31ClN4O5S. The molecule has 0 atom stereocenters. The number of sulfonamides is 1. The number of carbonyl (C=O) groups is 2. The van der Waals surface area contributed by atoms with E-state index in [0.29, 0.717) is 27.6 Å². The van der Waals surface area contributed by atoms with Crippen LogP contribution in [0.25, 0.3) is 0 Å². The van der Waals surface area contributed by atoms with Gasteiger partial charge in [0, 0.05) is 11.1 Å². The lowest BCUT2D eigenvalue weighted by molar-refractivity contribution is -0.124. The molecule has 2 aromatic carbocycles. The maximum absolute atomic E-state index is 12.4. The molecule has 9 nitrogen and oxygen atoms in total. The highest BCUT2D eigenvalue weighted by Crippen LogP contribution is 2.28. The number of nitrogens with zero attached hydrogens (tertiary/aromatic N) is 2. The molecule has 2 aromatic rings. The zero-order valence-corrected chi connectivity index (χ0v) is 21.9. The maximum Gasteiger partial charge on any atom is 0.260 e. The van der Waals surface area contributed by atoms with Gasteiger partial charge < -0.3 is 10.1 Å². The van der Waals surface area contributed by atoms with Crippen molar-refractivity contribution in [3.8, 4) is 5.75 Å². The maximum atomic E-state index is 12.4. The SMILES string of the molecule is Cc1c(Cl)cccc1N(CC(=O)N/N=C\c1ccc(OCC(=O)NC2CCCCC2)cc1)S(C)(=O)=O. The van der Waals surface area contributed by atoms with E-state index in [9.17, 15) is 18.0 Å². The number of nitrogens with one attached hydrogen (secondary N) is 2. The summed E-state index contributed by atoms with van der Waals surface area (Å²) in [6.45, 7) is 1.18. The van der Waals surface area contributed by atoms with E-state index in [-0.39, 0.29) is 18.6 Å². The van der Waals surface area contributed by atoms with Crippen LogP contribution < -0.4 is 19.8 Å². The number of hydrogen-bond donors (Lipinski definition) is 2. The van der Waals surface area contributed by atoms with Gasteiger partial charge in [0.25, 0.3) is 11.8 Å². The summed E-state index contributed by atoms with van der Waals surface area (Å²) in [5.41, 5.74) is 3.90. The minimum Gasteiger partial charge on any atom is -0.484 e. The molecule has 36 heavy (non-hydrogen) atoms. The molecule has 194 valence electrons. The molecule has 1 aliphatic rings. The van der Waals surface area contributed by atoms with Crippen LogP contribution in [0.5, 0.6) is 5.75 Å². The smallest absolute Gasteiger partial charge is 0.260 e. The first-order valence-electron chi connectivity index (χ1n) is 11.7. The van der Waals surface area contributed by atoms with Crippen molar-refractivity contribution in [3.05, 3.63) is 58.6 Å². The predicted octanol–water partition coefficient (Wildman–Crippen LogP) is 3.39. The van der Waals surface area contributed by atoms with Crippen molar-refractivity contribution in [2.24, 2.45) is 5.10 Å². The Morgan fingerprint density at radius 1 is 1.11 bits per heavy atom. The lowest BCUT2D eigenvalue weighted by Crippen LogP contribution is -2.39. The van der Waals surface area contributed by atoms with Crippen molar-refractivity contribution in [2.45, 2.75) is 45.1 Å². The minimum absolute atomic E-state index is 0.0526. The number of halogens is 1. The third-order valence-corrected chi connectivity index (χ3v) is 7.35. The van der Waals surface area contributed by atoms with Crippen LogP contribution >= 0.6 is 11.6 Å². The zero-order valence-electron chi connectivity index (χ0n) is 20.4. The Bertz CT molecular complexity index is 1200. The average molecular weight is 535 g/mol. The van der Waals surface area contributed by atoms with Crippen LogP contribution in [0.1, 0.15) is 43.2 Å². The van der Waals surface area contributed by atoms with Gasteiger partial charge in [-0.15, -0.1) is 0 Å². The largest absolute Gasteiger partial charge is 0.484 e. The lowest BCUT2D eigenvalue weighted by atomic mass is 9.95. The van der Waals surface area contributed by atoms with Crippen molar-refractivity contribution >= 4 is 45.3 Å². The Hall–Kier alpha value is -3.11. The molecule has 3 rings (SSSR count). The summed E-state index contributed by atoms with van der Waals surface area (Å²) in [5, 5.41) is 7.31. The fourth-order valence-corrected chi connectivity index (χ4v) is 4.98. The highest BCUT2D eigenvalue weighted by Gasteiger charge is 2.23. The Morgan fingerprint density at radius 3 is 2.47 bits per heavy atom. The summed E-state index contributed by atoms with van der Waals surface area (Å²) in [4.78, 5) is 24.5. The molecule has 0 unspecified atom stereocenters. The van der Waals surface area contributed by atoms with Gasteiger partial charge in [0.2, 0.25) is 10.0 Å². The van der Waals surface area contributed by atoms with E-state index in [1.807, 2.05) is 0 Å². The van der Waals surface area contributed by atoms with E-state index in [0.717, 1.165) is 36.2 Å². The summed E-state index contributed by atoms with van der Waals surface area (Å²) in [6, 6.07) is 11.9. The van der Waals surface area contributed by atoms with Crippen LogP contribution in [-0.4, -0.2) is 51.9 Å². The predicted molar refractivity (Wildman–Crippen MR) is 141 cm³/mol. The van der Waals surface area contributed by atoms with Crippen LogP contribution in [0.4, 0.5) is 5.69 Å². The van der Waals surface area contributed by atoms with Gasteiger partial charge in [0.1, 0.15) is 12.3 Å². The zero-order chi connectivity index (χ0) is 26.1. The number of hydrogen-bond acceptors (Lipinski definition) is 6. The topological polar surface area (TPSA) is 117 Å². The van der Waals surface area contributed by atoms with Crippen molar-refractivity contribution in [1.82, 2.24) is 10.7 Å². The fourth-order valence-electron chi connectivity index (χ4n) is 3.91. The van der Waals surface area contributed by atoms with Crippen LogP contribution in [-0.2, 0) is 19.6 Å². The van der Waals surface area contributed by atoms with Crippen LogP contribution in [0, 0.1) is 6.92 Å². The molecule has 0 radical (unpaired) electrons. The van der Waals surface area contributed by atoms with E-state index in [4.69, 9.17) is 16.3 Å². The van der Waals surface area contributed by atoms with Gasteiger partial charge in [-0.25, -0.2) is 13.8 Å². The van der Waals surface area contributed by atoms with Gasteiger partial charge in [0.15, 0.2) is 6.61 Å². The van der Waals surface area contributed by atoms with E-state index >= 15 is 0 Å². The number of anilines is 1. The van der Waals surface area contributed by atoms with Crippen molar-refractivity contribution in [1.29, 1.82) is 0 Å². The summed E-state index contributed by atoms with van der Waals surface area (Å²) >= 11 is 6.11. The Morgan fingerprint density at radius 2 is 1.81 bits per heavy atom. The van der Waals surface area contributed by atoms with E-state index in [1.165, 1.54) is 12.6 Å². The van der Waals surface area contributed by atoms with Gasteiger partial charge in [-0.2, -0.15) is 5.10 Å². The average Bonchev–Trinajstić information content (AvgIpc) is 2.84. The Kier molecular flexibility index (Phi) is 9.72. The second kappa shape index (κ2) is 12.7. The second-order valence-electron chi connectivity index (χ2n) is 8.71. The first-order chi connectivity index (χ1) is 17.1. The van der Waals surface area contributed by atoms with Gasteiger partial charge in [-0.05, 0) is 67.3 Å². The first-order valence-corrected chi connectivity index (χ1v) is 13.9. The minimum atomic E-state index is -3.73. The molecule has 0 saturated heterocycles. The van der Waals surface area contributed by atoms with E-state index < -0.39 is 22.5 Å². The molecule has 2 amide bonds. The summed E-state index contributed by atoms with van der Waals surface area (Å²) in [7, 11) is -3.73. The van der Waals surface area contributed by atoms with Gasteiger partial charge in [-0.1, -0.05) is 36.9 Å². The molecule has 0 aliphatic heterocycles. The standard InChI is InChI=1S/C25H31ClN4O5S/c1-18-22(26)9-6-10-23(18)30(36(2,33)34)16-24(31)29-27-15-19-11-13-21(14-12-19)35-17-25(32)28-20-7-4-3-5-8-20/h6,9-15,20H,3-5,7-8,16-17H2,1-2H3,(H,28,32)(H,29,31)/b27-15-. The molecule has 2 N–H and O–H groups in total. The molecule has 0 heterocycles. The third-order valence-electron chi connectivity index (χ3n) is 5.82. The fraction of sp³-hybridized carbons (Fsp3) is 0.400. The number of rotatable bonds is 10. The first kappa shape index (κ1) is 27.5. The number of benzene rings is 2. The quantitative estimate of drug-likeness (QED) is 0.358. The highest BCUT2D eigenvalue weighted by molar-refractivity contribution is 7.92. The number of hydrazone groups is 1. The molecule has 1 aliphatic carbocycles. The molecule has 0 bridgehead atoms. The van der Waals surface area contributed by atoms with E-state index in [2.05, 4.69) is 15.8 Å². The van der Waals surface area contributed by atoms with Gasteiger partial charge in [-0.3, -0.25) is 13.9 Å². The summed E-state index contributed by atoms with van der Waals surface area (Å²) in [5.74, 6) is -0.206. The molecule has 0 aromatic heterocycles. The number of carbonyl (C=O) groups excluding carboxylic acids is 2. The van der Waals surface area contributed by atoms with Gasteiger partial charge >= 0.3 is 0 Å². The number of amides is 2. The molecule has 0 spiro atoms. The third kappa shape index (κ3) is 8.23. The van der Waals surface area contributed by atoms with Crippen molar-refractivity contribution in [3.63, 3.8) is 0 Å². The van der Waals surface area contributed by atoms with Crippen molar-refractivity contribution in [2.75, 3.05) is 23.7 Å². The second-order valence-corrected chi connectivity index (χ2v) is 11.0. The molecular weight excluding hydrogens is 504 g/mol. The highest BCUT2D eigenvalue weighted by atomic mass is 35.5. The summed E-state index contributed by atoms with van der Waals surface area (Å²) < 4.78 is 31.1. The Labute approximate surface area is 216 Å². The normalized spacial score (nSPS) is 14.4. The van der Waals surface area contributed by atoms with Gasteiger partial charge in [0.05, 0.1) is 18.2 Å². The van der Waals surface area contributed by atoms with Crippen molar-refractivity contribution < 1.29 is 22.7 Å². The molecule has 11 heteroatoms. The van der Waals surface area contributed by atoms with Crippen LogP contribution in [0.15, 0.2) is 47.6 Å².